The first-order valence-electron chi connectivity index (χ1n) is 7.28. The molecule has 1 aromatic carbocycles. The number of benzene rings is 1. The molecule has 0 radical (unpaired) electrons. The number of aliphatic hydroxyl groups is 1. The summed E-state index contributed by atoms with van der Waals surface area (Å²) in [6.07, 6.45) is 1.03. The van der Waals surface area contributed by atoms with Gasteiger partial charge in [0.05, 0.1) is 16.7 Å². The lowest BCUT2D eigenvalue weighted by Gasteiger charge is -2.25. The summed E-state index contributed by atoms with van der Waals surface area (Å²) >= 11 is 12.4. The maximum absolute atomic E-state index is 12.1. The summed E-state index contributed by atoms with van der Waals surface area (Å²) in [6.45, 7) is 5.51. The second-order valence-electron chi connectivity index (χ2n) is 6.68. The molecule has 0 heterocycles. The van der Waals surface area contributed by atoms with Crippen LogP contribution in [0.3, 0.4) is 0 Å². The first kappa shape index (κ1) is 17.4. The topological polar surface area (TPSA) is 58.6 Å². The van der Waals surface area contributed by atoms with Gasteiger partial charge in [-0.15, -0.1) is 0 Å². The van der Waals surface area contributed by atoms with E-state index in [0.29, 0.717) is 21.2 Å². The molecule has 4 nitrogen and oxygen atoms in total. The van der Waals surface area contributed by atoms with Crippen LogP contribution in [0.2, 0.25) is 10.0 Å². The van der Waals surface area contributed by atoms with Gasteiger partial charge >= 0.3 is 6.09 Å². The van der Waals surface area contributed by atoms with Gasteiger partial charge in [-0.1, -0.05) is 23.2 Å². The number of alkyl carbamates (subject to hydrolysis) is 1. The summed E-state index contributed by atoms with van der Waals surface area (Å²) in [6, 6.07) is 3.37. The molecule has 0 saturated heterocycles. The Hall–Kier alpha value is -0.970. The molecule has 2 N–H and O–H groups in total. The zero-order valence-electron chi connectivity index (χ0n) is 13.0. The summed E-state index contributed by atoms with van der Waals surface area (Å²) in [5.41, 5.74) is 0.930. The van der Waals surface area contributed by atoms with Gasteiger partial charge in [-0.25, -0.2) is 4.79 Å². The number of hydrogen-bond donors (Lipinski definition) is 2. The van der Waals surface area contributed by atoms with Gasteiger partial charge in [-0.2, -0.15) is 0 Å². The Morgan fingerprint density at radius 3 is 2.55 bits per heavy atom. The fourth-order valence-electron chi connectivity index (χ4n) is 2.23. The highest BCUT2D eigenvalue weighted by atomic mass is 35.5. The molecular formula is C16H21Cl2NO3. The summed E-state index contributed by atoms with van der Waals surface area (Å²) in [7, 11) is 0. The van der Waals surface area contributed by atoms with E-state index in [-0.39, 0.29) is 18.1 Å². The number of ether oxygens (including phenoxy) is 1. The number of carbonyl (C=O) groups is 1. The van der Waals surface area contributed by atoms with Crippen molar-refractivity contribution < 1.29 is 14.6 Å². The maximum atomic E-state index is 12.1. The van der Waals surface area contributed by atoms with Gasteiger partial charge in [-0.05, 0) is 51.3 Å². The van der Waals surface area contributed by atoms with Gasteiger partial charge in [0.2, 0.25) is 0 Å². The number of rotatable bonds is 4. The summed E-state index contributed by atoms with van der Waals surface area (Å²) < 4.78 is 5.60. The molecule has 6 heteroatoms. The minimum Gasteiger partial charge on any atom is -0.441 e. The minimum absolute atomic E-state index is 0.143. The van der Waals surface area contributed by atoms with Crippen LogP contribution in [0, 0.1) is 5.92 Å². The molecule has 0 aliphatic heterocycles. The summed E-state index contributed by atoms with van der Waals surface area (Å²) in [4.78, 5) is 12.1. The Labute approximate surface area is 140 Å². The van der Waals surface area contributed by atoms with Crippen molar-refractivity contribution in [2.45, 2.75) is 51.9 Å². The highest BCUT2D eigenvalue weighted by Crippen LogP contribution is 2.46. The fraction of sp³-hybridized carbons (Fsp3) is 0.562. The Morgan fingerprint density at radius 1 is 1.41 bits per heavy atom. The van der Waals surface area contributed by atoms with Gasteiger partial charge in [0.1, 0.15) is 6.10 Å². The monoisotopic (exact) mass is 345 g/mol. The Kier molecular flexibility index (Phi) is 5.25. The molecule has 1 aromatic rings. The number of aliphatic hydroxyl groups excluding tert-OH is 1. The summed E-state index contributed by atoms with van der Waals surface area (Å²) in [5, 5.41) is 12.8. The average molecular weight is 346 g/mol. The van der Waals surface area contributed by atoms with Gasteiger partial charge in [0, 0.05) is 17.0 Å². The van der Waals surface area contributed by atoms with Crippen LogP contribution >= 0.6 is 23.2 Å². The molecule has 1 unspecified atom stereocenters. The van der Waals surface area contributed by atoms with Crippen LogP contribution in [-0.4, -0.2) is 16.7 Å². The van der Waals surface area contributed by atoms with E-state index in [1.807, 2.05) is 20.8 Å². The quantitative estimate of drug-likeness (QED) is 0.846. The third kappa shape index (κ3) is 4.51. The molecule has 1 amide bonds. The molecule has 0 aromatic heterocycles. The van der Waals surface area contributed by atoms with Crippen molar-refractivity contribution in [3.63, 3.8) is 0 Å². The number of halogens is 2. The first-order chi connectivity index (χ1) is 10.2. The Morgan fingerprint density at radius 2 is 2.05 bits per heavy atom. The fourth-order valence-corrected chi connectivity index (χ4v) is 2.70. The predicted molar refractivity (Wildman–Crippen MR) is 87.2 cm³/mol. The average Bonchev–Trinajstić information content (AvgIpc) is 3.21. The third-order valence-electron chi connectivity index (χ3n) is 3.37. The van der Waals surface area contributed by atoms with Crippen molar-refractivity contribution in [1.29, 1.82) is 0 Å². The molecule has 1 aliphatic rings. The van der Waals surface area contributed by atoms with Gasteiger partial charge in [0.25, 0.3) is 0 Å². The van der Waals surface area contributed by atoms with Crippen LogP contribution in [0.4, 0.5) is 4.79 Å². The van der Waals surface area contributed by atoms with E-state index >= 15 is 0 Å². The van der Waals surface area contributed by atoms with E-state index in [9.17, 15) is 9.90 Å². The normalized spacial score (nSPS) is 16.3. The molecule has 1 atom stereocenters. The van der Waals surface area contributed by atoms with Crippen molar-refractivity contribution in [1.82, 2.24) is 5.32 Å². The second-order valence-corrected chi connectivity index (χ2v) is 7.46. The SMILES string of the molecule is CC(C)(C)NC(=O)OC(c1cc(CO)cc(Cl)c1Cl)C1CC1. The van der Waals surface area contributed by atoms with Gasteiger partial charge < -0.3 is 15.2 Å². The Balaban J connectivity index is 2.25. The molecule has 1 saturated carbocycles. The Bertz CT molecular complexity index is 565. The zero-order valence-corrected chi connectivity index (χ0v) is 14.5. The lowest BCUT2D eigenvalue weighted by atomic mass is 10.0. The molecule has 2 rings (SSSR count). The van der Waals surface area contributed by atoms with Crippen LogP contribution in [0.15, 0.2) is 12.1 Å². The highest BCUT2D eigenvalue weighted by molar-refractivity contribution is 6.42. The van der Waals surface area contributed by atoms with E-state index in [1.165, 1.54) is 0 Å². The van der Waals surface area contributed by atoms with Gasteiger partial charge in [0.15, 0.2) is 0 Å². The largest absolute Gasteiger partial charge is 0.441 e. The van der Waals surface area contributed by atoms with Crippen LogP contribution < -0.4 is 5.32 Å². The molecule has 122 valence electrons. The first-order valence-corrected chi connectivity index (χ1v) is 8.04. The van der Waals surface area contributed by atoms with E-state index in [2.05, 4.69) is 5.32 Å². The highest BCUT2D eigenvalue weighted by Gasteiger charge is 2.37. The minimum atomic E-state index is -0.481. The van der Waals surface area contributed by atoms with E-state index in [0.717, 1.165) is 12.8 Å². The zero-order chi connectivity index (χ0) is 16.5. The maximum Gasteiger partial charge on any atom is 0.408 e. The lowest BCUT2D eigenvalue weighted by molar-refractivity contribution is 0.0791. The molecule has 0 spiro atoms. The number of amides is 1. The number of nitrogens with one attached hydrogen (secondary N) is 1. The number of hydrogen-bond acceptors (Lipinski definition) is 3. The van der Waals surface area contributed by atoms with E-state index in [1.54, 1.807) is 12.1 Å². The molecule has 1 fully saturated rings. The van der Waals surface area contributed by atoms with Crippen molar-refractivity contribution >= 4 is 29.3 Å². The molecule has 1 aliphatic carbocycles. The number of carbonyl (C=O) groups excluding carboxylic acids is 1. The molecule has 22 heavy (non-hydrogen) atoms. The lowest BCUT2D eigenvalue weighted by Crippen LogP contribution is -2.41. The molecule has 0 bridgehead atoms. The predicted octanol–water partition coefficient (Wildman–Crippen LogP) is 4.46. The van der Waals surface area contributed by atoms with Crippen LogP contribution in [-0.2, 0) is 11.3 Å². The van der Waals surface area contributed by atoms with Crippen molar-refractivity contribution in [2.75, 3.05) is 0 Å². The van der Waals surface area contributed by atoms with Crippen LogP contribution in [0.25, 0.3) is 0 Å². The third-order valence-corrected chi connectivity index (χ3v) is 4.18. The smallest absolute Gasteiger partial charge is 0.408 e. The van der Waals surface area contributed by atoms with E-state index < -0.39 is 12.2 Å². The van der Waals surface area contributed by atoms with Crippen molar-refractivity contribution in [3.8, 4) is 0 Å². The van der Waals surface area contributed by atoms with Crippen LogP contribution in [0.1, 0.15) is 50.8 Å². The van der Waals surface area contributed by atoms with Crippen LogP contribution in [0.5, 0.6) is 0 Å². The van der Waals surface area contributed by atoms with Crippen molar-refractivity contribution in [3.05, 3.63) is 33.3 Å². The van der Waals surface area contributed by atoms with E-state index in [4.69, 9.17) is 27.9 Å². The second kappa shape index (κ2) is 6.65. The standard InChI is InChI=1S/C16H21Cl2NO3/c1-16(2,3)19-15(21)22-14(10-4-5-10)11-6-9(8-20)7-12(17)13(11)18/h6-7,10,14,20H,4-5,8H2,1-3H3,(H,19,21). The summed E-state index contributed by atoms with van der Waals surface area (Å²) in [5.74, 6) is 0.244. The van der Waals surface area contributed by atoms with Gasteiger partial charge in [-0.3, -0.25) is 0 Å². The molecular weight excluding hydrogens is 325 g/mol. The van der Waals surface area contributed by atoms with Crippen molar-refractivity contribution in [2.24, 2.45) is 5.92 Å².